The molecule has 1 unspecified atom stereocenters. The van der Waals surface area contributed by atoms with Gasteiger partial charge in [-0.2, -0.15) is 5.10 Å². The fourth-order valence-electron chi connectivity index (χ4n) is 6.37. The monoisotopic (exact) mass is 595 g/mol. The van der Waals surface area contributed by atoms with E-state index in [1.807, 2.05) is 36.5 Å². The molecule has 0 spiro atoms. The molecule has 1 aromatic heterocycles. The first-order chi connectivity index (χ1) is 21.3. The number of nitrogens with two attached hydrogens (primary N) is 1. The van der Waals surface area contributed by atoms with Gasteiger partial charge in [0.1, 0.15) is 17.4 Å². The van der Waals surface area contributed by atoms with Gasteiger partial charge in [-0.1, -0.05) is 18.2 Å². The minimum atomic E-state index is -0.772. The standard InChI is InChI=1S/C32H30FN7O4/c33-28-19(4-9-23-25(28)18-39(32(23)44)26-10-11-27(41)35-31(26)43)16-37-12-14-38(15-13-37)21-5-7-22(8-6-21)40-17-20-2-1-3-24(30(34)42)29(20)36-40/h1-9,17,26H,10-16,18H2,(H2,34,42)(H,35,41,43). The first-order valence-corrected chi connectivity index (χ1v) is 14.6. The third-order valence-electron chi connectivity index (χ3n) is 8.78. The lowest BCUT2D eigenvalue weighted by atomic mass is 10.0. The molecule has 2 fully saturated rings. The van der Waals surface area contributed by atoms with Crippen molar-refractivity contribution in [3.05, 3.63) is 88.9 Å². The number of hydrogen-bond donors (Lipinski definition) is 2. The molecule has 3 aliphatic rings. The number of anilines is 1. The number of rotatable bonds is 6. The maximum Gasteiger partial charge on any atom is 0.255 e. The molecule has 224 valence electrons. The molecular formula is C32H30FN7O4. The van der Waals surface area contributed by atoms with Crippen LogP contribution in [0.4, 0.5) is 10.1 Å². The van der Waals surface area contributed by atoms with Crippen molar-refractivity contribution in [2.45, 2.75) is 32.0 Å². The molecule has 1 atom stereocenters. The molecule has 4 amide bonds. The lowest BCUT2D eigenvalue weighted by Gasteiger charge is -2.36. The fraction of sp³-hybridized carbons (Fsp3) is 0.281. The Kier molecular flexibility index (Phi) is 6.85. The molecule has 4 aromatic rings. The number of benzene rings is 3. The van der Waals surface area contributed by atoms with Crippen molar-refractivity contribution in [1.29, 1.82) is 0 Å². The van der Waals surface area contributed by atoms with Crippen LogP contribution in [0.3, 0.4) is 0 Å². The van der Waals surface area contributed by atoms with Crippen molar-refractivity contribution in [3.63, 3.8) is 0 Å². The Morgan fingerprint density at radius 2 is 1.73 bits per heavy atom. The molecule has 3 aromatic carbocycles. The number of nitrogens with zero attached hydrogens (tertiary/aromatic N) is 5. The summed E-state index contributed by atoms with van der Waals surface area (Å²) >= 11 is 0. The summed E-state index contributed by atoms with van der Waals surface area (Å²) in [6, 6.07) is 15.9. The average Bonchev–Trinajstić information content (AvgIpc) is 3.61. The topological polar surface area (TPSA) is 134 Å². The summed E-state index contributed by atoms with van der Waals surface area (Å²) in [4.78, 5) is 54.5. The Hall–Kier alpha value is -5.10. The van der Waals surface area contributed by atoms with Crippen LogP contribution in [0, 0.1) is 5.82 Å². The normalized spacial score (nSPS) is 19.0. The number of hydrogen-bond acceptors (Lipinski definition) is 7. The van der Waals surface area contributed by atoms with E-state index >= 15 is 4.39 Å². The van der Waals surface area contributed by atoms with Crippen LogP contribution < -0.4 is 16.0 Å². The van der Waals surface area contributed by atoms with Crippen LogP contribution in [0.25, 0.3) is 16.6 Å². The number of carbonyl (C=O) groups excluding carboxylic acids is 4. The van der Waals surface area contributed by atoms with Crippen LogP contribution >= 0.6 is 0 Å². The largest absolute Gasteiger partial charge is 0.369 e. The Morgan fingerprint density at radius 3 is 2.45 bits per heavy atom. The zero-order chi connectivity index (χ0) is 30.5. The SMILES string of the molecule is NC(=O)c1cccc2cn(-c3ccc(N4CCN(Cc5ccc6c(c5F)CN(C5CCC(=O)NC5=O)C6=O)CC4)cc3)nc12. The molecule has 3 N–H and O–H groups in total. The number of aromatic nitrogens is 2. The molecule has 0 saturated carbocycles. The predicted molar refractivity (Wildman–Crippen MR) is 160 cm³/mol. The zero-order valence-electron chi connectivity index (χ0n) is 23.8. The lowest BCUT2D eigenvalue weighted by Crippen LogP contribution is -2.52. The van der Waals surface area contributed by atoms with Crippen LogP contribution in [0.2, 0.25) is 0 Å². The highest BCUT2D eigenvalue weighted by Gasteiger charge is 2.40. The number of piperazine rings is 1. The molecule has 44 heavy (non-hydrogen) atoms. The van der Waals surface area contributed by atoms with E-state index in [4.69, 9.17) is 5.73 Å². The van der Waals surface area contributed by atoms with Crippen LogP contribution in [0.5, 0.6) is 0 Å². The highest BCUT2D eigenvalue weighted by atomic mass is 19.1. The van der Waals surface area contributed by atoms with Gasteiger partial charge in [0.2, 0.25) is 11.8 Å². The van der Waals surface area contributed by atoms with Crippen molar-refractivity contribution in [2.24, 2.45) is 5.73 Å². The highest BCUT2D eigenvalue weighted by Crippen LogP contribution is 2.31. The molecule has 7 rings (SSSR count). The number of fused-ring (bicyclic) bond motifs is 2. The molecule has 11 nitrogen and oxygen atoms in total. The summed E-state index contributed by atoms with van der Waals surface area (Å²) in [5.74, 6) is -2.16. The molecule has 0 bridgehead atoms. The first kappa shape index (κ1) is 27.7. The van der Waals surface area contributed by atoms with E-state index in [9.17, 15) is 19.2 Å². The quantitative estimate of drug-likeness (QED) is 0.327. The number of nitrogens with one attached hydrogen (secondary N) is 1. The van der Waals surface area contributed by atoms with Gasteiger partial charge in [-0.05, 0) is 42.8 Å². The number of piperidine rings is 1. The van der Waals surface area contributed by atoms with E-state index in [2.05, 4.69) is 20.2 Å². The summed E-state index contributed by atoms with van der Waals surface area (Å²) in [6.45, 7) is 3.44. The second-order valence-corrected chi connectivity index (χ2v) is 11.4. The van der Waals surface area contributed by atoms with Crippen LogP contribution in [-0.4, -0.2) is 75.4 Å². The van der Waals surface area contributed by atoms with Gasteiger partial charge in [-0.15, -0.1) is 0 Å². The third-order valence-corrected chi connectivity index (χ3v) is 8.78. The Morgan fingerprint density at radius 1 is 0.977 bits per heavy atom. The summed E-state index contributed by atoms with van der Waals surface area (Å²) in [7, 11) is 0. The van der Waals surface area contributed by atoms with Crippen molar-refractivity contribution in [1.82, 2.24) is 24.9 Å². The Bertz CT molecular complexity index is 1830. The number of amides is 4. The maximum atomic E-state index is 15.7. The molecule has 0 radical (unpaired) electrons. The molecule has 3 aliphatic heterocycles. The average molecular weight is 596 g/mol. The molecular weight excluding hydrogens is 565 g/mol. The van der Waals surface area contributed by atoms with Gasteiger partial charge in [-0.25, -0.2) is 9.07 Å². The van der Waals surface area contributed by atoms with E-state index in [1.54, 1.807) is 28.9 Å². The zero-order valence-corrected chi connectivity index (χ0v) is 23.8. The van der Waals surface area contributed by atoms with Gasteiger partial charge in [0.25, 0.3) is 11.8 Å². The maximum absolute atomic E-state index is 15.7. The Balaban J connectivity index is 0.987. The van der Waals surface area contributed by atoms with E-state index in [0.717, 1.165) is 42.9 Å². The van der Waals surface area contributed by atoms with Gasteiger partial charge in [-0.3, -0.25) is 29.4 Å². The number of halogens is 1. The summed E-state index contributed by atoms with van der Waals surface area (Å²) in [6.07, 6.45) is 2.27. The Labute approximate surface area is 252 Å². The van der Waals surface area contributed by atoms with E-state index in [-0.39, 0.29) is 36.8 Å². The van der Waals surface area contributed by atoms with Gasteiger partial charge in [0, 0.05) is 73.1 Å². The third kappa shape index (κ3) is 4.86. The van der Waals surface area contributed by atoms with E-state index < -0.39 is 23.7 Å². The van der Waals surface area contributed by atoms with E-state index in [1.165, 1.54) is 4.90 Å². The summed E-state index contributed by atoms with van der Waals surface area (Å²) < 4.78 is 17.4. The van der Waals surface area contributed by atoms with Crippen molar-refractivity contribution < 1.29 is 23.6 Å². The van der Waals surface area contributed by atoms with Gasteiger partial charge in [0.05, 0.1) is 17.8 Å². The second kappa shape index (κ2) is 10.9. The highest BCUT2D eigenvalue weighted by molar-refractivity contribution is 6.06. The smallest absolute Gasteiger partial charge is 0.255 e. The number of primary amides is 1. The van der Waals surface area contributed by atoms with Gasteiger partial charge < -0.3 is 15.5 Å². The van der Waals surface area contributed by atoms with E-state index in [0.29, 0.717) is 28.8 Å². The van der Waals surface area contributed by atoms with Crippen molar-refractivity contribution in [2.75, 3.05) is 31.1 Å². The van der Waals surface area contributed by atoms with Crippen molar-refractivity contribution in [3.8, 4) is 5.69 Å². The molecule has 12 heteroatoms. The lowest BCUT2D eigenvalue weighted by molar-refractivity contribution is -0.136. The summed E-state index contributed by atoms with van der Waals surface area (Å²) in [5, 5.41) is 7.68. The van der Waals surface area contributed by atoms with Crippen LogP contribution in [0.15, 0.2) is 60.8 Å². The van der Waals surface area contributed by atoms with Gasteiger partial charge >= 0.3 is 0 Å². The van der Waals surface area contributed by atoms with Crippen molar-refractivity contribution >= 4 is 40.2 Å². The van der Waals surface area contributed by atoms with Gasteiger partial charge in [0.15, 0.2) is 0 Å². The summed E-state index contributed by atoms with van der Waals surface area (Å²) in [5.41, 5.74) is 9.50. The molecule has 4 heterocycles. The first-order valence-electron chi connectivity index (χ1n) is 14.6. The molecule has 0 aliphatic carbocycles. The fourth-order valence-corrected chi connectivity index (χ4v) is 6.37. The molecule has 2 saturated heterocycles. The number of carbonyl (C=O) groups is 4. The van der Waals surface area contributed by atoms with Crippen LogP contribution in [-0.2, 0) is 22.7 Å². The second-order valence-electron chi connectivity index (χ2n) is 11.4. The minimum absolute atomic E-state index is 0.0186. The number of imide groups is 1. The van der Waals surface area contributed by atoms with Crippen LogP contribution in [0.1, 0.15) is 44.7 Å². The minimum Gasteiger partial charge on any atom is -0.369 e. The predicted octanol–water partition coefficient (Wildman–Crippen LogP) is 2.35.